The van der Waals surface area contributed by atoms with Gasteiger partial charge in [-0.25, -0.2) is 0 Å². The zero-order valence-corrected chi connectivity index (χ0v) is 9.34. The van der Waals surface area contributed by atoms with Crippen molar-refractivity contribution in [2.45, 2.75) is 38.6 Å². The first-order valence-electron chi connectivity index (χ1n) is 5.58. The first kappa shape index (κ1) is 11.0. The second-order valence-corrected chi connectivity index (χ2v) is 4.63. The van der Waals surface area contributed by atoms with E-state index in [1.807, 2.05) is 0 Å². The van der Waals surface area contributed by atoms with E-state index >= 15 is 0 Å². The largest absolute Gasteiger partial charge is 0.314 e. The topological polar surface area (TPSA) is 15.3 Å². The van der Waals surface area contributed by atoms with E-state index in [4.69, 9.17) is 0 Å². The van der Waals surface area contributed by atoms with Gasteiger partial charge in [0.05, 0.1) is 0 Å². The van der Waals surface area contributed by atoms with Crippen LogP contribution in [0.25, 0.3) is 0 Å². The summed E-state index contributed by atoms with van der Waals surface area (Å²) in [6, 6.07) is 0.808. The summed E-state index contributed by atoms with van der Waals surface area (Å²) in [5, 5.41) is 3.66. The quantitative estimate of drug-likeness (QED) is 0.654. The minimum absolute atomic E-state index is 0.808. The van der Waals surface area contributed by atoms with Gasteiger partial charge in [0.1, 0.15) is 0 Å². The smallest absolute Gasteiger partial charge is 0.00927 e. The summed E-state index contributed by atoms with van der Waals surface area (Å²) in [4.78, 5) is 2.25. The van der Waals surface area contributed by atoms with Gasteiger partial charge in [-0.2, -0.15) is 0 Å². The normalized spacial score (nSPS) is 28.6. The van der Waals surface area contributed by atoms with E-state index in [0.717, 1.165) is 12.0 Å². The number of rotatable bonds is 5. The summed E-state index contributed by atoms with van der Waals surface area (Å²) < 4.78 is 0. The average Bonchev–Trinajstić information content (AvgIpc) is 2.45. The molecule has 0 aliphatic heterocycles. The molecule has 1 rings (SSSR count). The third-order valence-corrected chi connectivity index (χ3v) is 3.05. The molecule has 0 radical (unpaired) electrons. The molecule has 13 heavy (non-hydrogen) atoms. The van der Waals surface area contributed by atoms with Crippen LogP contribution >= 0.6 is 0 Å². The van der Waals surface area contributed by atoms with Crippen LogP contribution in [0.15, 0.2) is 0 Å². The molecule has 0 unspecified atom stereocenters. The van der Waals surface area contributed by atoms with Crippen molar-refractivity contribution in [3.63, 3.8) is 0 Å². The maximum Gasteiger partial charge on any atom is 0.00927 e. The Morgan fingerprint density at radius 2 is 2.08 bits per heavy atom. The lowest BCUT2D eigenvalue weighted by Gasteiger charge is -2.18. The highest BCUT2D eigenvalue weighted by molar-refractivity contribution is 4.79. The fourth-order valence-corrected chi connectivity index (χ4v) is 2.13. The lowest BCUT2D eigenvalue weighted by Crippen LogP contribution is -2.33. The van der Waals surface area contributed by atoms with Crippen molar-refractivity contribution in [3.05, 3.63) is 0 Å². The van der Waals surface area contributed by atoms with Crippen molar-refractivity contribution in [1.29, 1.82) is 0 Å². The highest BCUT2D eigenvalue weighted by atomic mass is 15.1. The Labute approximate surface area is 82.7 Å². The molecular weight excluding hydrogens is 160 g/mol. The van der Waals surface area contributed by atoms with Gasteiger partial charge in [0, 0.05) is 6.04 Å². The van der Waals surface area contributed by atoms with Crippen molar-refractivity contribution in [3.8, 4) is 0 Å². The highest BCUT2D eigenvalue weighted by Gasteiger charge is 2.21. The molecular formula is C11H24N2. The molecule has 0 amide bonds. The first-order chi connectivity index (χ1) is 6.20. The summed E-state index contributed by atoms with van der Waals surface area (Å²) in [6.07, 6.45) is 5.51. The second-order valence-electron chi connectivity index (χ2n) is 4.63. The molecule has 0 aromatic rings. The summed E-state index contributed by atoms with van der Waals surface area (Å²) in [5.41, 5.74) is 0. The van der Waals surface area contributed by atoms with Gasteiger partial charge in [0.25, 0.3) is 0 Å². The van der Waals surface area contributed by atoms with Crippen LogP contribution in [0.4, 0.5) is 0 Å². The van der Waals surface area contributed by atoms with E-state index in [-0.39, 0.29) is 0 Å². The Balaban J connectivity index is 1.99. The molecule has 1 fully saturated rings. The van der Waals surface area contributed by atoms with E-state index in [2.05, 4.69) is 31.2 Å². The first-order valence-corrected chi connectivity index (χ1v) is 5.58. The number of nitrogens with zero attached hydrogens (tertiary/aromatic N) is 1. The van der Waals surface area contributed by atoms with Crippen molar-refractivity contribution < 1.29 is 0 Å². The van der Waals surface area contributed by atoms with Gasteiger partial charge in [0.2, 0.25) is 0 Å². The van der Waals surface area contributed by atoms with Crippen molar-refractivity contribution in [2.24, 2.45) is 5.92 Å². The van der Waals surface area contributed by atoms with Crippen LogP contribution in [0.3, 0.4) is 0 Å². The Kier molecular flexibility index (Phi) is 4.74. The molecule has 0 bridgehead atoms. The van der Waals surface area contributed by atoms with Crippen molar-refractivity contribution in [1.82, 2.24) is 10.2 Å². The summed E-state index contributed by atoms with van der Waals surface area (Å²) in [6.45, 7) is 4.76. The summed E-state index contributed by atoms with van der Waals surface area (Å²) in [5.74, 6) is 0.902. The SMILES string of the molecule is C[C@@H]1CCC[C@@H]1NCCCN(C)C. The van der Waals surface area contributed by atoms with Crippen LogP contribution in [0, 0.1) is 5.92 Å². The fraction of sp³-hybridized carbons (Fsp3) is 1.00. The monoisotopic (exact) mass is 184 g/mol. The molecule has 1 aliphatic rings. The Hall–Kier alpha value is -0.0800. The lowest BCUT2D eigenvalue weighted by atomic mass is 10.1. The predicted molar refractivity (Wildman–Crippen MR) is 58.0 cm³/mol. The van der Waals surface area contributed by atoms with Gasteiger partial charge in [-0.15, -0.1) is 0 Å². The average molecular weight is 184 g/mol. The summed E-state index contributed by atoms with van der Waals surface area (Å²) in [7, 11) is 4.27. The molecule has 2 nitrogen and oxygen atoms in total. The molecule has 0 saturated heterocycles. The predicted octanol–water partition coefficient (Wildman–Crippen LogP) is 1.72. The molecule has 1 saturated carbocycles. The van der Waals surface area contributed by atoms with Gasteiger partial charge < -0.3 is 10.2 Å². The minimum atomic E-state index is 0.808. The maximum absolute atomic E-state index is 3.66. The molecule has 0 aromatic heterocycles. The zero-order chi connectivity index (χ0) is 9.68. The van der Waals surface area contributed by atoms with Crippen LogP contribution in [-0.2, 0) is 0 Å². The Morgan fingerprint density at radius 3 is 2.62 bits per heavy atom. The van der Waals surface area contributed by atoms with E-state index in [0.29, 0.717) is 0 Å². The number of nitrogens with one attached hydrogen (secondary N) is 1. The van der Waals surface area contributed by atoms with E-state index in [9.17, 15) is 0 Å². The number of hydrogen-bond donors (Lipinski definition) is 1. The third-order valence-electron chi connectivity index (χ3n) is 3.05. The molecule has 1 N–H and O–H groups in total. The molecule has 0 aromatic carbocycles. The summed E-state index contributed by atoms with van der Waals surface area (Å²) >= 11 is 0. The fourth-order valence-electron chi connectivity index (χ4n) is 2.13. The van der Waals surface area contributed by atoms with Crippen LogP contribution in [-0.4, -0.2) is 38.1 Å². The lowest BCUT2D eigenvalue weighted by molar-refractivity contribution is 0.371. The van der Waals surface area contributed by atoms with Crippen molar-refractivity contribution in [2.75, 3.05) is 27.2 Å². The number of hydrogen-bond acceptors (Lipinski definition) is 2. The second kappa shape index (κ2) is 5.61. The highest BCUT2D eigenvalue weighted by Crippen LogP contribution is 2.24. The molecule has 0 spiro atoms. The molecule has 1 aliphatic carbocycles. The Morgan fingerprint density at radius 1 is 1.31 bits per heavy atom. The van der Waals surface area contributed by atoms with E-state index in [1.165, 1.54) is 38.8 Å². The Bertz CT molecular complexity index is 134. The molecule has 2 atom stereocenters. The molecule has 2 heteroatoms. The standard InChI is InChI=1S/C11H24N2/c1-10-6-4-7-11(10)12-8-5-9-13(2)3/h10-12H,4-9H2,1-3H3/t10-,11+/m1/s1. The van der Waals surface area contributed by atoms with E-state index in [1.54, 1.807) is 0 Å². The van der Waals surface area contributed by atoms with Gasteiger partial charge in [-0.3, -0.25) is 0 Å². The van der Waals surface area contributed by atoms with E-state index < -0.39 is 0 Å². The molecule has 78 valence electrons. The van der Waals surface area contributed by atoms with Crippen LogP contribution in [0.2, 0.25) is 0 Å². The zero-order valence-electron chi connectivity index (χ0n) is 9.34. The maximum atomic E-state index is 3.66. The minimum Gasteiger partial charge on any atom is -0.314 e. The van der Waals surface area contributed by atoms with Gasteiger partial charge in [-0.05, 0) is 52.4 Å². The molecule has 0 heterocycles. The van der Waals surface area contributed by atoms with Crippen LogP contribution in [0.1, 0.15) is 32.6 Å². The van der Waals surface area contributed by atoms with Gasteiger partial charge in [-0.1, -0.05) is 13.3 Å². The van der Waals surface area contributed by atoms with Gasteiger partial charge >= 0.3 is 0 Å². The van der Waals surface area contributed by atoms with Crippen LogP contribution in [0.5, 0.6) is 0 Å². The van der Waals surface area contributed by atoms with Crippen LogP contribution < -0.4 is 5.32 Å². The third kappa shape index (κ3) is 4.10. The van der Waals surface area contributed by atoms with Gasteiger partial charge in [0.15, 0.2) is 0 Å². The van der Waals surface area contributed by atoms with Crippen molar-refractivity contribution >= 4 is 0 Å².